The minimum atomic E-state index is -0.168. The highest BCUT2D eigenvalue weighted by molar-refractivity contribution is 5.98. The van der Waals surface area contributed by atoms with E-state index >= 15 is 0 Å². The number of aryl methyl sites for hydroxylation is 1. The van der Waals surface area contributed by atoms with Crippen LogP contribution in [0.4, 0.5) is 0 Å². The van der Waals surface area contributed by atoms with Gasteiger partial charge in [-0.05, 0) is 32.0 Å². The van der Waals surface area contributed by atoms with Crippen molar-refractivity contribution in [2.24, 2.45) is 7.05 Å². The molecule has 1 amide bonds. The van der Waals surface area contributed by atoms with Gasteiger partial charge in [0, 0.05) is 26.3 Å². The van der Waals surface area contributed by atoms with Crippen LogP contribution in [0.1, 0.15) is 24.3 Å². The molecule has 4 rings (SSSR count). The van der Waals surface area contributed by atoms with E-state index in [0.29, 0.717) is 35.5 Å². The number of nitrogens with zero attached hydrogens (tertiary/aromatic N) is 4. The Morgan fingerprint density at radius 1 is 1.24 bits per heavy atom. The monoisotopic (exact) mass is 340 g/mol. The predicted molar refractivity (Wildman–Crippen MR) is 93.9 cm³/mol. The van der Waals surface area contributed by atoms with Gasteiger partial charge in [0.1, 0.15) is 17.0 Å². The van der Waals surface area contributed by atoms with E-state index in [9.17, 15) is 9.59 Å². The van der Waals surface area contributed by atoms with Crippen molar-refractivity contribution in [3.8, 4) is 0 Å². The molecule has 1 aliphatic rings. The Labute approximate surface area is 144 Å². The number of pyridine rings is 1. The van der Waals surface area contributed by atoms with Gasteiger partial charge in [-0.25, -0.2) is 4.98 Å². The van der Waals surface area contributed by atoms with Gasteiger partial charge < -0.3 is 14.2 Å². The van der Waals surface area contributed by atoms with E-state index in [0.717, 1.165) is 0 Å². The fourth-order valence-corrected chi connectivity index (χ4v) is 3.53. The molecule has 1 aliphatic heterocycles. The molecular weight excluding hydrogens is 320 g/mol. The highest BCUT2D eigenvalue weighted by Gasteiger charge is 2.29. The number of hydrogen-bond acceptors (Lipinski definition) is 4. The summed E-state index contributed by atoms with van der Waals surface area (Å²) in [5.41, 5.74) is 1.39. The number of ether oxygens (including phenoxy) is 1. The molecule has 0 aliphatic carbocycles. The molecule has 7 heteroatoms. The molecular formula is C18H20N4O3. The van der Waals surface area contributed by atoms with E-state index < -0.39 is 0 Å². The second-order valence-electron chi connectivity index (χ2n) is 6.64. The molecule has 0 saturated carbocycles. The predicted octanol–water partition coefficient (Wildman–Crippen LogP) is 1.44. The lowest BCUT2D eigenvalue weighted by atomic mass is 10.2. The van der Waals surface area contributed by atoms with Gasteiger partial charge in [0.2, 0.25) is 0 Å². The van der Waals surface area contributed by atoms with Crippen LogP contribution in [0.5, 0.6) is 0 Å². The van der Waals surface area contributed by atoms with Crippen LogP contribution < -0.4 is 5.56 Å². The van der Waals surface area contributed by atoms with Gasteiger partial charge in [-0.1, -0.05) is 6.07 Å². The van der Waals surface area contributed by atoms with Crippen molar-refractivity contribution >= 4 is 22.6 Å². The number of hydrogen-bond donors (Lipinski definition) is 0. The summed E-state index contributed by atoms with van der Waals surface area (Å²) in [5.74, 6) is -0.101. The Kier molecular flexibility index (Phi) is 3.61. The summed E-state index contributed by atoms with van der Waals surface area (Å²) in [6.45, 7) is 4.99. The molecule has 0 bridgehead atoms. The third-order valence-electron chi connectivity index (χ3n) is 4.63. The van der Waals surface area contributed by atoms with Gasteiger partial charge in [-0.15, -0.1) is 0 Å². The lowest BCUT2D eigenvalue weighted by Gasteiger charge is -2.35. The lowest BCUT2D eigenvalue weighted by molar-refractivity contribution is -0.0588. The Balaban J connectivity index is 1.84. The number of carbonyl (C=O) groups excluding carboxylic acids is 1. The second kappa shape index (κ2) is 5.70. The first-order valence-corrected chi connectivity index (χ1v) is 8.37. The van der Waals surface area contributed by atoms with Crippen LogP contribution in [0.25, 0.3) is 16.7 Å². The smallest absolute Gasteiger partial charge is 0.270 e. The fraction of sp³-hybridized carbons (Fsp3) is 0.389. The largest absolute Gasteiger partial charge is 0.372 e. The summed E-state index contributed by atoms with van der Waals surface area (Å²) in [6.07, 6.45) is 1.67. The summed E-state index contributed by atoms with van der Waals surface area (Å²) < 4.78 is 8.90. The van der Waals surface area contributed by atoms with Crippen LogP contribution in [-0.4, -0.2) is 50.1 Å². The number of fused-ring (bicyclic) bond motifs is 2. The number of amides is 1. The molecule has 2 atom stereocenters. The summed E-state index contributed by atoms with van der Waals surface area (Å²) in [7, 11) is 1.77. The molecule has 25 heavy (non-hydrogen) atoms. The van der Waals surface area contributed by atoms with Crippen LogP contribution in [0, 0.1) is 0 Å². The van der Waals surface area contributed by atoms with E-state index in [2.05, 4.69) is 4.98 Å². The average molecular weight is 340 g/mol. The number of aromatic nitrogens is 3. The van der Waals surface area contributed by atoms with Crippen LogP contribution in [0.3, 0.4) is 0 Å². The van der Waals surface area contributed by atoms with Crippen molar-refractivity contribution < 1.29 is 9.53 Å². The van der Waals surface area contributed by atoms with Crippen LogP contribution in [0.15, 0.2) is 35.3 Å². The van der Waals surface area contributed by atoms with Crippen molar-refractivity contribution in [1.29, 1.82) is 0 Å². The topological polar surface area (TPSA) is 68.8 Å². The zero-order valence-electron chi connectivity index (χ0n) is 14.5. The van der Waals surface area contributed by atoms with Gasteiger partial charge in [0.25, 0.3) is 11.5 Å². The van der Waals surface area contributed by atoms with Gasteiger partial charge in [0.15, 0.2) is 0 Å². The molecule has 0 N–H and O–H groups in total. The summed E-state index contributed by atoms with van der Waals surface area (Å²) in [6, 6.07) is 7.05. The SMILES string of the molecule is C[C@H]1CN(C(=O)c2cc3c(=O)n4ccccc4nc3n2C)C[C@H](C)O1. The zero-order valence-corrected chi connectivity index (χ0v) is 14.5. The Morgan fingerprint density at radius 2 is 1.96 bits per heavy atom. The molecule has 0 aromatic carbocycles. The van der Waals surface area contributed by atoms with Crippen molar-refractivity contribution in [2.45, 2.75) is 26.1 Å². The van der Waals surface area contributed by atoms with Crippen LogP contribution in [-0.2, 0) is 11.8 Å². The number of rotatable bonds is 1. The standard InChI is InChI=1S/C18H20N4O3/c1-11-9-21(10-12(2)25-11)18(24)14-8-13-16(20(14)3)19-15-6-4-5-7-22(15)17(13)23/h4-8,11-12H,9-10H2,1-3H3/t11-,12-/m0/s1. The number of morpholine rings is 1. The van der Waals surface area contributed by atoms with Crippen molar-refractivity contribution in [1.82, 2.24) is 18.9 Å². The molecule has 4 heterocycles. The molecule has 130 valence electrons. The maximum absolute atomic E-state index is 13.0. The van der Waals surface area contributed by atoms with Crippen LogP contribution in [0.2, 0.25) is 0 Å². The van der Waals surface area contributed by atoms with Gasteiger partial charge >= 0.3 is 0 Å². The highest BCUT2D eigenvalue weighted by atomic mass is 16.5. The van der Waals surface area contributed by atoms with E-state index in [1.54, 1.807) is 40.9 Å². The third-order valence-corrected chi connectivity index (χ3v) is 4.63. The summed E-state index contributed by atoms with van der Waals surface area (Å²) in [5, 5.41) is 0.448. The molecule has 1 saturated heterocycles. The quantitative estimate of drug-likeness (QED) is 0.672. The van der Waals surface area contributed by atoms with Gasteiger partial charge in [-0.3, -0.25) is 14.0 Å². The lowest BCUT2D eigenvalue weighted by Crippen LogP contribution is -2.48. The maximum Gasteiger partial charge on any atom is 0.270 e. The van der Waals surface area contributed by atoms with E-state index in [4.69, 9.17) is 4.74 Å². The van der Waals surface area contributed by atoms with E-state index in [1.165, 1.54) is 4.40 Å². The van der Waals surface area contributed by atoms with Gasteiger partial charge in [-0.2, -0.15) is 0 Å². The van der Waals surface area contributed by atoms with Crippen molar-refractivity contribution in [3.05, 3.63) is 46.5 Å². The second-order valence-corrected chi connectivity index (χ2v) is 6.64. The minimum absolute atomic E-state index is 0.00581. The van der Waals surface area contributed by atoms with Crippen molar-refractivity contribution in [3.63, 3.8) is 0 Å². The normalized spacial score (nSPS) is 21.2. The molecule has 0 spiro atoms. The summed E-state index contributed by atoms with van der Waals surface area (Å²) in [4.78, 5) is 32.0. The zero-order chi connectivity index (χ0) is 17.7. The third kappa shape index (κ3) is 2.51. The van der Waals surface area contributed by atoms with E-state index in [1.807, 2.05) is 19.9 Å². The first-order valence-electron chi connectivity index (χ1n) is 8.37. The van der Waals surface area contributed by atoms with Gasteiger partial charge in [0.05, 0.1) is 17.6 Å². The first-order chi connectivity index (χ1) is 12.0. The molecule has 3 aromatic heterocycles. The molecule has 7 nitrogen and oxygen atoms in total. The Morgan fingerprint density at radius 3 is 2.68 bits per heavy atom. The number of carbonyl (C=O) groups is 1. The fourth-order valence-electron chi connectivity index (χ4n) is 3.53. The Hall–Kier alpha value is -2.67. The van der Waals surface area contributed by atoms with Crippen LogP contribution >= 0.6 is 0 Å². The highest BCUT2D eigenvalue weighted by Crippen LogP contribution is 2.19. The molecule has 3 aromatic rings. The van der Waals surface area contributed by atoms with E-state index in [-0.39, 0.29) is 23.7 Å². The average Bonchev–Trinajstić information content (AvgIpc) is 2.91. The molecule has 0 radical (unpaired) electrons. The summed E-state index contributed by atoms with van der Waals surface area (Å²) >= 11 is 0. The Bertz CT molecular complexity index is 1030. The first kappa shape index (κ1) is 15.8. The van der Waals surface area contributed by atoms with Crippen molar-refractivity contribution in [2.75, 3.05) is 13.1 Å². The minimum Gasteiger partial charge on any atom is -0.372 e. The molecule has 1 fully saturated rings. The molecule has 0 unspecified atom stereocenters. The maximum atomic E-state index is 13.0.